The molecule has 0 amide bonds. The minimum absolute atomic E-state index is 0.435. The molecule has 0 saturated heterocycles. The Morgan fingerprint density at radius 2 is 1.55 bits per heavy atom. The predicted molar refractivity (Wildman–Crippen MR) is 116 cm³/mol. The van der Waals surface area contributed by atoms with Crippen LogP contribution < -0.4 is 4.74 Å². The highest BCUT2D eigenvalue weighted by atomic mass is 19.2. The number of rotatable bonds is 10. The average Bonchev–Trinajstić information content (AvgIpc) is 2.75. The van der Waals surface area contributed by atoms with Gasteiger partial charge in [-0.05, 0) is 74.3 Å². The molecule has 0 heterocycles. The maximum atomic E-state index is 13.3. The Balaban J connectivity index is 1.48. The Bertz CT molecular complexity index is 601. The van der Waals surface area contributed by atoms with Gasteiger partial charge in [0.1, 0.15) is 5.75 Å². The Kier molecular flexibility index (Phi) is 8.81. The third kappa shape index (κ3) is 6.69. The van der Waals surface area contributed by atoms with Gasteiger partial charge in [-0.3, -0.25) is 0 Å². The molecule has 1 aromatic rings. The molecule has 0 bridgehead atoms. The van der Waals surface area contributed by atoms with E-state index in [0.717, 1.165) is 30.4 Å². The highest BCUT2D eigenvalue weighted by Gasteiger charge is 2.37. The molecule has 2 fully saturated rings. The SMILES string of the molecule is CCCCCC1(CCCOc2ccc(F)c(F)c2)CCC(C2CCCCC2)CC1. The smallest absolute Gasteiger partial charge is 0.162 e. The van der Waals surface area contributed by atoms with Crippen LogP contribution >= 0.6 is 0 Å². The normalized spacial score (nSPS) is 25.8. The van der Waals surface area contributed by atoms with Crippen LogP contribution in [0.3, 0.4) is 0 Å². The fraction of sp³-hybridized carbons (Fsp3) is 0.769. The molecule has 3 heteroatoms. The monoisotopic (exact) mass is 406 g/mol. The van der Waals surface area contributed by atoms with E-state index in [4.69, 9.17) is 4.74 Å². The van der Waals surface area contributed by atoms with Crippen LogP contribution in [-0.4, -0.2) is 6.61 Å². The molecule has 0 radical (unpaired) electrons. The molecule has 0 unspecified atom stereocenters. The van der Waals surface area contributed by atoms with Crippen LogP contribution in [0.1, 0.15) is 103 Å². The van der Waals surface area contributed by atoms with Gasteiger partial charge < -0.3 is 4.74 Å². The van der Waals surface area contributed by atoms with E-state index >= 15 is 0 Å². The first-order chi connectivity index (χ1) is 14.1. The number of unbranched alkanes of at least 4 members (excludes halogenated alkanes) is 2. The van der Waals surface area contributed by atoms with Crippen LogP contribution in [0.25, 0.3) is 0 Å². The number of hydrogen-bond donors (Lipinski definition) is 0. The number of benzene rings is 1. The van der Waals surface area contributed by atoms with Gasteiger partial charge in [0, 0.05) is 6.07 Å². The van der Waals surface area contributed by atoms with Gasteiger partial charge in [0.15, 0.2) is 11.6 Å². The van der Waals surface area contributed by atoms with E-state index in [1.807, 2.05) is 0 Å². The molecule has 0 N–H and O–H groups in total. The van der Waals surface area contributed by atoms with Gasteiger partial charge in [0.2, 0.25) is 0 Å². The Morgan fingerprint density at radius 1 is 0.862 bits per heavy atom. The van der Waals surface area contributed by atoms with E-state index in [1.165, 1.54) is 96.0 Å². The summed E-state index contributed by atoms with van der Waals surface area (Å²) in [6.07, 6.45) is 20.4. The molecule has 1 nitrogen and oxygen atoms in total. The van der Waals surface area contributed by atoms with E-state index in [0.29, 0.717) is 17.8 Å². The Labute approximate surface area is 176 Å². The maximum absolute atomic E-state index is 13.3. The van der Waals surface area contributed by atoms with E-state index in [-0.39, 0.29) is 0 Å². The van der Waals surface area contributed by atoms with Crippen molar-refractivity contribution in [2.24, 2.45) is 17.3 Å². The molecule has 2 aliphatic rings. The highest BCUT2D eigenvalue weighted by Crippen LogP contribution is 2.49. The number of hydrogen-bond acceptors (Lipinski definition) is 1. The molecule has 2 aliphatic carbocycles. The summed E-state index contributed by atoms with van der Waals surface area (Å²) in [5, 5.41) is 0. The van der Waals surface area contributed by atoms with Crippen molar-refractivity contribution in [3.8, 4) is 5.75 Å². The quantitative estimate of drug-likeness (QED) is 0.354. The van der Waals surface area contributed by atoms with Crippen LogP contribution in [0.2, 0.25) is 0 Å². The van der Waals surface area contributed by atoms with Gasteiger partial charge in [-0.2, -0.15) is 0 Å². The fourth-order valence-electron chi connectivity index (χ4n) is 5.91. The fourth-order valence-corrected chi connectivity index (χ4v) is 5.91. The second kappa shape index (κ2) is 11.3. The van der Waals surface area contributed by atoms with Gasteiger partial charge in [0.05, 0.1) is 6.61 Å². The molecule has 3 rings (SSSR count). The molecule has 1 aromatic carbocycles. The first-order valence-corrected chi connectivity index (χ1v) is 12.2. The van der Waals surface area contributed by atoms with Crippen molar-refractivity contribution in [1.82, 2.24) is 0 Å². The summed E-state index contributed by atoms with van der Waals surface area (Å²) >= 11 is 0. The second-order valence-corrected chi connectivity index (χ2v) is 9.72. The molecule has 0 aliphatic heterocycles. The van der Waals surface area contributed by atoms with Crippen molar-refractivity contribution in [2.75, 3.05) is 6.61 Å². The standard InChI is InChI=1S/C26H40F2O/c1-2-3-7-15-26(16-8-19-29-23-11-12-24(27)25(28)20-23)17-13-22(14-18-26)21-9-5-4-6-10-21/h11-12,20-22H,2-10,13-19H2,1H3. The van der Waals surface area contributed by atoms with Crippen LogP contribution in [0.4, 0.5) is 8.78 Å². The first kappa shape index (κ1) is 22.6. The topological polar surface area (TPSA) is 9.23 Å². The van der Waals surface area contributed by atoms with Crippen LogP contribution in [0, 0.1) is 28.9 Å². The van der Waals surface area contributed by atoms with Gasteiger partial charge in [-0.1, -0.05) is 58.3 Å². The third-order valence-corrected chi connectivity index (χ3v) is 7.73. The molecule has 0 spiro atoms. The lowest BCUT2D eigenvalue weighted by Crippen LogP contribution is -2.31. The number of halogens is 2. The molecule has 164 valence electrons. The molecule has 2 saturated carbocycles. The first-order valence-electron chi connectivity index (χ1n) is 12.2. The second-order valence-electron chi connectivity index (χ2n) is 9.72. The summed E-state index contributed by atoms with van der Waals surface area (Å²) in [4.78, 5) is 0. The summed E-state index contributed by atoms with van der Waals surface area (Å²) in [5.74, 6) is 0.744. The summed E-state index contributed by atoms with van der Waals surface area (Å²) in [5.41, 5.74) is 0.484. The summed E-state index contributed by atoms with van der Waals surface area (Å²) in [7, 11) is 0. The lowest BCUT2D eigenvalue weighted by molar-refractivity contribution is 0.0776. The predicted octanol–water partition coefficient (Wildman–Crippen LogP) is 8.46. The van der Waals surface area contributed by atoms with Gasteiger partial charge >= 0.3 is 0 Å². The van der Waals surface area contributed by atoms with Gasteiger partial charge in [-0.15, -0.1) is 0 Å². The van der Waals surface area contributed by atoms with Crippen molar-refractivity contribution in [3.63, 3.8) is 0 Å². The van der Waals surface area contributed by atoms with Crippen molar-refractivity contribution in [2.45, 2.75) is 103 Å². The summed E-state index contributed by atoms with van der Waals surface area (Å²) < 4.78 is 32.1. The van der Waals surface area contributed by atoms with Crippen molar-refractivity contribution in [3.05, 3.63) is 29.8 Å². The minimum atomic E-state index is -0.834. The molecule has 0 aromatic heterocycles. The molecular formula is C26H40F2O. The number of ether oxygens (including phenoxy) is 1. The zero-order chi connectivity index (χ0) is 20.5. The molecular weight excluding hydrogens is 366 g/mol. The Morgan fingerprint density at radius 3 is 2.24 bits per heavy atom. The van der Waals surface area contributed by atoms with E-state index in [9.17, 15) is 8.78 Å². The van der Waals surface area contributed by atoms with Gasteiger partial charge in [-0.25, -0.2) is 8.78 Å². The summed E-state index contributed by atoms with van der Waals surface area (Å²) in [6.45, 7) is 2.87. The van der Waals surface area contributed by atoms with Crippen molar-refractivity contribution < 1.29 is 13.5 Å². The third-order valence-electron chi connectivity index (χ3n) is 7.73. The lowest BCUT2D eigenvalue weighted by atomic mass is 9.62. The minimum Gasteiger partial charge on any atom is -0.493 e. The van der Waals surface area contributed by atoms with Crippen LogP contribution in [0.15, 0.2) is 18.2 Å². The summed E-state index contributed by atoms with van der Waals surface area (Å²) in [6, 6.07) is 3.82. The zero-order valence-electron chi connectivity index (χ0n) is 18.4. The van der Waals surface area contributed by atoms with E-state index in [2.05, 4.69) is 6.92 Å². The lowest BCUT2D eigenvalue weighted by Gasteiger charge is -2.43. The zero-order valence-corrected chi connectivity index (χ0v) is 18.4. The molecule has 0 atom stereocenters. The van der Waals surface area contributed by atoms with Gasteiger partial charge in [0.25, 0.3) is 0 Å². The van der Waals surface area contributed by atoms with Crippen LogP contribution in [-0.2, 0) is 0 Å². The van der Waals surface area contributed by atoms with E-state index in [1.54, 1.807) is 0 Å². The largest absolute Gasteiger partial charge is 0.493 e. The van der Waals surface area contributed by atoms with Crippen molar-refractivity contribution >= 4 is 0 Å². The Hall–Kier alpha value is -1.12. The maximum Gasteiger partial charge on any atom is 0.162 e. The van der Waals surface area contributed by atoms with E-state index < -0.39 is 11.6 Å². The van der Waals surface area contributed by atoms with Crippen molar-refractivity contribution in [1.29, 1.82) is 0 Å². The molecule has 29 heavy (non-hydrogen) atoms. The van der Waals surface area contributed by atoms with Crippen LogP contribution in [0.5, 0.6) is 5.75 Å². The highest BCUT2D eigenvalue weighted by molar-refractivity contribution is 5.23. The average molecular weight is 407 g/mol.